The lowest BCUT2D eigenvalue weighted by molar-refractivity contribution is 0.668. The smallest absolute Gasteiger partial charge is 0.238 e. The number of nitrogens with zero attached hydrogens (tertiary/aromatic N) is 5. The van der Waals surface area contributed by atoms with Gasteiger partial charge in [-0.15, -0.1) is 0 Å². The van der Waals surface area contributed by atoms with Crippen molar-refractivity contribution in [1.82, 2.24) is 24.1 Å². The molecule has 0 aliphatic heterocycles. The molecule has 306 valence electrons. The van der Waals surface area contributed by atoms with Gasteiger partial charge in [0, 0.05) is 43.1 Å². The molecule has 15 rings (SSSR count). The topological polar surface area (TPSA) is 74.8 Å². The summed E-state index contributed by atoms with van der Waals surface area (Å²) < 4.78 is 18.0. The van der Waals surface area contributed by atoms with Crippen LogP contribution in [0.2, 0.25) is 0 Å². The number of benzene rings is 10. The van der Waals surface area contributed by atoms with Gasteiger partial charge in [-0.05, 0) is 88.3 Å². The molecule has 0 amide bonds. The molecule has 0 saturated carbocycles. The third-order valence-electron chi connectivity index (χ3n) is 13.5. The van der Waals surface area contributed by atoms with Gasteiger partial charge in [0.15, 0.2) is 11.6 Å². The highest BCUT2D eigenvalue weighted by Gasteiger charge is 2.27. The van der Waals surface area contributed by atoms with E-state index in [9.17, 15) is 0 Å². The predicted molar refractivity (Wildman–Crippen MR) is 269 cm³/mol. The minimum Gasteiger partial charge on any atom is -0.456 e. The highest BCUT2D eigenvalue weighted by molar-refractivity contribution is 6.19. The van der Waals surface area contributed by atoms with Crippen molar-refractivity contribution in [2.75, 3.05) is 0 Å². The fraction of sp³-hybridized carbons (Fsp3) is 0. The predicted octanol–water partition coefficient (Wildman–Crippen LogP) is 15.5. The summed E-state index contributed by atoms with van der Waals surface area (Å²) in [5.74, 6) is 1.50. The van der Waals surface area contributed by atoms with E-state index < -0.39 is 0 Å². The van der Waals surface area contributed by atoms with E-state index in [1.165, 1.54) is 10.8 Å². The first kappa shape index (κ1) is 35.4. The second-order valence-electron chi connectivity index (χ2n) is 17.1. The number of rotatable bonds is 4. The average molecular weight is 844 g/mol. The Kier molecular flexibility index (Phi) is 7.10. The first-order valence-corrected chi connectivity index (χ1v) is 22.2. The van der Waals surface area contributed by atoms with Crippen molar-refractivity contribution < 1.29 is 8.83 Å². The van der Waals surface area contributed by atoms with Crippen LogP contribution in [0.15, 0.2) is 209 Å². The molecule has 0 unspecified atom stereocenters. The highest BCUT2D eigenvalue weighted by atomic mass is 16.3. The number of hydrogen-bond acceptors (Lipinski definition) is 5. The Morgan fingerprint density at radius 2 is 0.864 bits per heavy atom. The normalized spacial score (nSPS) is 12.2. The third-order valence-corrected chi connectivity index (χ3v) is 13.5. The molecule has 0 bridgehead atoms. The van der Waals surface area contributed by atoms with Crippen LogP contribution in [0, 0.1) is 0 Å². The molecule has 7 heteroatoms. The Balaban J connectivity index is 1.13. The molecule has 0 aliphatic carbocycles. The van der Waals surface area contributed by atoms with Gasteiger partial charge in [0.1, 0.15) is 22.3 Å². The van der Waals surface area contributed by atoms with Gasteiger partial charge in [0.2, 0.25) is 5.95 Å². The van der Waals surface area contributed by atoms with Gasteiger partial charge in [-0.3, -0.25) is 4.57 Å². The van der Waals surface area contributed by atoms with Crippen molar-refractivity contribution in [3.05, 3.63) is 200 Å². The summed E-state index contributed by atoms with van der Waals surface area (Å²) in [6, 6.07) is 70.3. The van der Waals surface area contributed by atoms with Crippen molar-refractivity contribution in [3.63, 3.8) is 0 Å². The van der Waals surface area contributed by atoms with Gasteiger partial charge in [0.25, 0.3) is 0 Å². The maximum atomic E-state index is 6.70. The summed E-state index contributed by atoms with van der Waals surface area (Å²) in [6.07, 6.45) is 0. The van der Waals surface area contributed by atoms with Gasteiger partial charge >= 0.3 is 0 Å². The Morgan fingerprint density at radius 3 is 1.53 bits per heavy atom. The van der Waals surface area contributed by atoms with Gasteiger partial charge < -0.3 is 13.4 Å². The zero-order valence-corrected chi connectivity index (χ0v) is 35.1. The lowest BCUT2D eigenvalue weighted by Crippen LogP contribution is -2.08. The van der Waals surface area contributed by atoms with Crippen LogP contribution in [0.3, 0.4) is 0 Å². The molecule has 0 radical (unpaired) electrons. The van der Waals surface area contributed by atoms with Crippen molar-refractivity contribution in [2.24, 2.45) is 0 Å². The largest absolute Gasteiger partial charge is 0.456 e. The van der Waals surface area contributed by atoms with E-state index in [4.69, 9.17) is 23.8 Å². The van der Waals surface area contributed by atoms with Crippen LogP contribution in [0.5, 0.6) is 0 Å². The molecule has 0 fully saturated rings. The van der Waals surface area contributed by atoms with Crippen LogP contribution in [0.4, 0.5) is 0 Å². The molecule has 15 aromatic rings. The molecule has 5 aromatic heterocycles. The van der Waals surface area contributed by atoms with Crippen LogP contribution < -0.4 is 0 Å². The molecule has 10 aromatic carbocycles. The van der Waals surface area contributed by atoms with Crippen LogP contribution in [-0.4, -0.2) is 24.1 Å². The Labute approximate surface area is 375 Å². The molecule has 66 heavy (non-hydrogen) atoms. The quantitative estimate of drug-likeness (QED) is 0.176. The van der Waals surface area contributed by atoms with E-state index in [1.807, 2.05) is 30.3 Å². The average Bonchev–Trinajstić information content (AvgIpc) is 4.12. The Bertz CT molecular complexity index is 4400. The maximum Gasteiger partial charge on any atom is 0.238 e. The monoisotopic (exact) mass is 843 g/mol. The first-order valence-electron chi connectivity index (χ1n) is 22.2. The van der Waals surface area contributed by atoms with E-state index in [1.54, 1.807) is 0 Å². The summed E-state index contributed by atoms with van der Waals surface area (Å²) in [5, 5.41) is 13.2. The number of fused-ring (bicyclic) bond motifs is 14. The summed E-state index contributed by atoms with van der Waals surface area (Å²) >= 11 is 0. The van der Waals surface area contributed by atoms with Crippen molar-refractivity contribution in [3.8, 4) is 34.4 Å². The van der Waals surface area contributed by atoms with Crippen LogP contribution in [0.1, 0.15) is 0 Å². The van der Waals surface area contributed by atoms with Gasteiger partial charge in [-0.1, -0.05) is 133 Å². The fourth-order valence-corrected chi connectivity index (χ4v) is 10.6. The molecule has 7 nitrogen and oxygen atoms in total. The van der Waals surface area contributed by atoms with E-state index in [2.05, 4.69) is 179 Å². The molecular weight excluding hydrogens is 811 g/mol. The maximum absolute atomic E-state index is 6.70. The molecule has 0 spiro atoms. The lowest BCUT2D eigenvalue weighted by atomic mass is 10.0. The molecule has 0 N–H and O–H groups in total. The number of para-hydroxylation sites is 5. The van der Waals surface area contributed by atoms with Gasteiger partial charge in [0.05, 0.1) is 38.9 Å². The summed E-state index contributed by atoms with van der Waals surface area (Å²) in [5.41, 5.74) is 9.74. The molecule has 0 aliphatic rings. The second-order valence-corrected chi connectivity index (χ2v) is 17.1. The number of aromatic nitrogens is 5. The third kappa shape index (κ3) is 4.93. The zero-order valence-electron chi connectivity index (χ0n) is 35.1. The SMILES string of the molecule is c1ccc2cc3c(cc2c1)c1cc2ccccc2cc1n3-c1ccc2oc3ccccc3c2c1-c1nc(-c2cccc3c2oc2ccccc23)nc(-n2c3ccccc3c3ccccc32)n1. The summed E-state index contributed by atoms with van der Waals surface area (Å²) in [7, 11) is 0. The molecule has 0 atom stereocenters. The molecular formula is C59H33N5O2. The van der Waals surface area contributed by atoms with Gasteiger partial charge in [-0.2, -0.15) is 9.97 Å². The van der Waals surface area contributed by atoms with Crippen LogP contribution in [-0.2, 0) is 0 Å². The van der Waals surface area contributed by atoms with Crippen molar-refractivity contribution in [1.29, 1.82) is 0 Å². The highest BCUT2D eigenvalue weighted by Crippen LogP contribution is 2.45. The van der Waals surface area contributed by atoms with Crippen molar-refractivity contribution in [2.45, 2.75) is 0 Å². The van der Waals surface area contributed by atoms with E-state index >= 15 is 0 Å². The second kappa shape index (κ2) is 13.2. The van der Waals surface area contributed by atoms with Crippen LogP contribution >= 0.6 is 0 Å². The van der Waals surface area contributed by atoms with Gasteiger partial charge in [-0.25, -0.2) is 4.98 Å². The molecule has 0 saturated heterocycles. The van der Waals surface area contributed by atoms with Crippen molar-refractivity contribution >= 4 is 109 Å². The van der Waals surface area contributed by atoms with E-state index in [0.717, 1.165) is 115 Å². The van der Waals surface area contributed by atoms with E-state index in [-0.39, 0.29) is 0 Å². The minimum absolute atomic E-state index is 0.496. The summed E-state index contributed by atoms with van der Waals surface area (Å²) in [4.78, 5) is 16.6. The fourth-order valence-electron chi connectivity index (χ4n) is 10.6. The number of hydrogen-bond donors (Lipinski definition) is 0. The lowest BCUT2D eigenvalue weighted by Gasteiger charge is -2.16. The minimum atomic E-state index is 0.496. The first-order chi connectivity index (χ1) is 32.7. The Hall–Kier alpha value is -9.07. The zero-order chi connectivity index (χ0) is 43.0. The standard InChI is InChI=1S/C59H33N5O2/c1-3-16-36-32-49-44(30-34(36)14-1)45-31-35-15-2-4-17-37(35)33-50(45)63(49)48-28-29-53-54(42-21-8-12-27-52(42)65-53)55(48)58-60-57(43-23-13-22-41-40-20-7-11-26-51(40)66-56(41)43)61-59(62-58)64-46-24-9-5-18-38(46)39-19-6-10-25-47(39)64/h1-33H. The molecule has 5 heterocycles. The van der Waals surface area contributed by atoms with Crippen LogP contribution in [0.25, 0.3) is 143 Å². The Morgan fingerprint density at radius 1 is 0.333 bits per heavy atom. The number of furan rings is 2. The summed E-state index contributed by atoms with van der Waals surface area (Å²) in [6.45, 7) is 0. The van der Waals surface area contributed by atoms with E-state index in [0.29, 0.717) is 17.6 Å².